The lowest BCUT2D eigenvalue weighted by Crippen LogP contribution is -2.54. The first kappa shape index (κ1) is 11.3. The summed E-state index contributed by atoms with van der Waals surface area (Å²) < 4.78 is 0. The van der Waals surface area contributed by atoms with E-state index in [9.17, 15) is 9.59 Å². The van der Waals surface area contributed by atoms with Gasteiger partial charge < -0.3 is 15.7 Å². The number of carboxylic acid groups (broad SMARTS) is 1. The van der Waals surface area contributed by atoms with Gasteiger partial charge in [0.05, 0.1) is 6.04 Å². The maximum atomic E-state index is 11.5. The van der Waals surface area contributed by atoms with Crippen LogP contribution in [0.25, 0.3) is 0 Å². The van der Waals surface area contributed by atoms with Gasteiger partial charge in [-0.3, -0.25) is 4.79 Å². The van der Waals surface area contributed by atoms with Gasteiger partial charge in [-0.25, -0.2) is 4.79 Å². The number of amides is 1. The third-order valence-electron chi connectivity index (χ3n) is 2.09. The van der Waals surface area contributed by atoms with Crippen molar-refractivity contribution < 1.29 is 14.7 Å². The Morgan fingerprint density at radius 2 is 2.29 bits per heavy atom. The Morgan fingerprint density at radius 3 is 2.79 bits per heavy atom. The van der Waals surface area contributed by atoms with Crippen molar-refractivity contribution in [3.63, 3.8) is 0 Å². The molecule has 80 valence electrons. The van der Waals surface area contributed by atoms with Gasteiger partial charge in [0.25, 0.3) is 0 Å². The molecule has 0 aromatic heterocycles. The van der Waals surface area contributed by atoms with E-state index in [1.54, 1.807) is 18.7 Å². The van der Waals surface area contributed by atoms with Crippen LogP contribution in [0.5, 0.6) is 0 Å². The highest BCUT2D eigenvalue weighted by Crippen LogP contribution is 2.17. The maximum Gasteiger partial charge on any atom is 0.327 e. The molecule has 1 aliphatic heterocycles. The molecule has 1 rings (SSSR count). The summed E-state index contributed by atoms with van der Waals surface area (Å²) in [5, 5.41) is 8.89. The normalized spacial score (nSPS) is 24.4. The number of carboxylic acids is 1. The molecule has 1 aliphatic rings. The summed E-state index contributed by atoms with van der Waals surface area (Å²) in [6.45, 7) is 2.05. The van der Waals surface area contributed by atoms with E-state index in [0.29, 0.717) is 12.3 Å². The van der Waals surface area contributed by atoms with Gasteiger partial charge in [0, 0.05) is 18.1 Å². The Balaban J connectivity index is 2.72. The van der Waals surface area contributed by atoms with Crippen LogP contribution < -0.4 is 5.73 Å². The highest BCUT2D eigenvalue weighted by molar-refractivity contribution is 7.99. The topological polar surface area (TPSA) is 83.6 Å². The lowest BCUT2D eigenvalue weighted by molar-refractivity contribution is -0.149. The summed E-state index contributed by atoms with van der Waals surface area (Å²) in [6, 6.07) is -1.34. The van der Waals surface area contributed by atoms with Crippen LogP contribution in [0.2, 0.25) is 0 Å². The second kappa shape index (κ2) is 4.65. The predicted molar refractivity (Wildman–Crippen MR) is 54.1 cm³/mol. The van der Waals surface area contributed by atoms with E-state index >= 15 is 0 Å². The number of hydrogen-bond donors (Lipinski definition) is 2. The van der Waals surface area contributed by atoms with Crippen LogP contribution in [-0.4, -0.2) is 52.0 Å². The van der Waals surface area contributed by atoms with Gasteiger partial charge in [0.15, 0.2) is 0 Å². The van der Waals surface area contributed by atoms with E-state index < -0.39 is 18.1 Å². The van der Waals surface area contributed by atoms with Crippen molar-refractivity contribution >= 4 is 23.6 Å². The summed E-state index contributed by atoms with van der Waals surface area (Å²) >= 11 is 1.55. The van der Waals surface area contributed by atoms with E-state index in [1.165, 1.54) is 4.90 Å². The van der Waals surface area contributed by atoms with E-state index in [0.717, 1.165) is 5.75 Å². The fourth-order valence-corrected chi connectivity index (χ4v) is 2.37. The molecule has 0 radical (unpaired) electrons. The average molecular weight is 218 g/mol. The highest BCUT2D eigenvalue weighted by atomic mass is 32.2. The second-order valence-corrected chi connectivity index (χ2v) is 4.40. The molecular formula is C8H14N2O3S. The SMILES string of the molecule is CC(N)C(=O)N1CCSCC1C(=O)O. The van der Waals surface area contributed by atoms with Crippen LogP contribution in [0.15, 0.2) is 0 Å². The first-order valence-electron chi connectivity index (χ1n) is 4.40. The fourth-order valence-electron chi connectivity index (χ4n) is 1.33. The van der Waals surface area contributed by atoms with Crippen molar-refractivity contribution in [2.45, 2.75) is 19.0 Å². The number of nitrogens with two attached hydrogens (primary N) is 1. The Bertz CT molecular complexity index is 245. The van der Waals surface area contributed by atoms with Crippen LogP contribution in [0.4, 0.5) is 0 Å². The molecule has 1 heterocycles. The van der Waals surface area contributed by atoms with E-state index in [1.807, 2.05) is 0 Å². The number of rotatable bonds is 2. The predicted octanol–water partition coefficient (Wildman–Crippen LogP) is -0.638. The smallest absolute Gasteiger partial charge is 0.327 e. The molecule has 5 nitrogen and oxygen atoms in total. The second-order valence-electron chi connectivity index (χ2n) is 3.25. The summed E-state index contributed by atoms with van der Waals surface area (Å²) in [5.41, 5.74) is 5.44. The van der Waals surface area contributed by atoms with Crippen LogP contribution in [0.3, 0.4) is 0 Å². The zero-order valence-electron chi connectivity index (χ0n) is 7.97. The van der Waals surface area contributed by atoms with Crippen molar-refractivity contribution in [3.8, 4) is 0 Å². The molecule has 1 saturated heterocycles. The van der Waals surface area contributed by atoms with E-state index in [4.69, 9.17) is 10.8 Å². The molecule has 0 spiro atoms. The quantitative estimate of drug-likeness (QED) is 0.644. The zero-order chi connectivity index (χ0) is 10.7. The number of nitrogens with zero attached hydrogens (tertiary/aromatic N) is 1. The molecule has 2 atom stereocenters. The number of carbonyl (C=O) groups excluding carboxylic acids is 1. The molecule has 3 N–H and O–H groups in total. The first-order valence-corrected chi connectivity index (χ1v) is 5.56. The minimum atomic E-state index is -0.953. The molecule has 1 fully saturated rings. The van der Waals surface area contributed by atoms with Crippen molar-refractivity contribution in [2.24, 2.45) is 5.73 Å². The van der Waals surface area contributed by atoms with Crippen molar-refractivity contribution in [3.05, 3.63) is 0 Å². The molecule has 0 saturated carbocycles. The Morgan fingerprint density at radius 1 is 1.64 bits per heavy atom. The van der Waals surface area contributed by atoms with Gasteiger partial charge in [0.2, 0.25) is 5.91 Å². The van der Waals surface area contributed by atoms with Gasteiger partial charge in [-0.1, -0.05) is 0 Å². The van der Waals surface area contributed by atoms with Crippen molar-refractivity contribution in [1.82, 2.24) is 4.90 Å². The van der Waals surface area contributed by atoms with Gasteiger partial charge in [0.1, 0.15) is 6.04 Å². The Kier molecular flexibility index (Phi) is 3.77. The van der Waals surface area contributed by atoms with Crippen LogP contribution in [0, 0.1) is 0 Å². The molecule has 6 heteroatoms. The minimum Gasteiger partial charge on any atom is -0.480 e. The van der Waals surface area contributed by atoms with E-state index in [-0.39, 0.29) is 5.91 Å². The largest absolute Gasteiger partial charge is 0.480 e. The third kappa shape index (κ3) is 2.39. The minimum absolute atomic E-state index is 0.280. The number of hydrogen-bond acceptors (Lipinski definition) is 4. The molecule has 1 amide bonds. The average Bonchev–Trinajstić information content (AvgIpc) is 2.16. The summed E-state index contributed by atoms with van der Waals surface area (Å²) in [6.07, 6.45) is 0. The fraction of sp³-hybridized carbons (Fsp3) is 0.750. The van der Waals surface area contributed by atoms with Gasteiger partial charge in [-0.15, -0.1) is 0 Å². The first-order chi connectivity index (χ1) is 6.54. The molecular weight excluding hydrogens is 204 g/mol. The number of carbonyl (C=O) groups is 2. The number of thioether (sulfide) groups is 1. The monoisotopic (exact) mass is 218 g/mol. The van der Waals surface area contributed by atoms with Crippen molar-refractivity contribution in [2.75, 3.05) is 18.1 Å². The highest BCUT2D eigenvalue weighted by Gasteiger charge is 2.33. The molecule has 14 heavy (non-hydrogen) atoms. The van der Waals surface area contributed by atoms with Gasteiger partial charge >= 0.3 is 5.97 Å². The van der Waals surface area contributed by atoms with Crippen LogP contribution >= 0.6 is 11.8 Å². The lowest BCUT2D eigenvalue weighted by atomic mass is 10.2. The standard InChI is InChI=1S/C8H14N2O3S/c1-5(9)7(11)10-2-3-14-4-6(10)8(12)13/h5-6H,2-4,9H2,1H3,(H,12,13). The Hall–Kier alpha value is -0.750. The van der Waals surface area contributed by atoms with Crippen LogP contribution in [-0.2, 0) is 9.59 Å². The lowest BCUT2D eigenvalue weighted by Gasteiger charge is -2.33. The van der Waals surface area contributed by atoms with Gasteiger partial charge in [-0.05, 0) is 6.92 Å². The summed E-state index contributed by atoms with van der Waals surface area (Å²) in [4.78, 5) is 23.7. The van der Waals surface area contributed by atoms with E-state index in [2.05, 4.69) is 0 Å². The molecule has 0 aromatic carbocycles. The molecule has 0 aromatic rings. The maximum absolute atomic E-state index is 11.5. The van der Waals surface area contributed by atoms with Crippen LogP contribution in [0.1, 0.15) is 6.92 Å². The molecule has 2 unspecified atom stereocenters. The zero-order valence-corrected chi connectivity index (χ0v) is 8.79. The molecule has 0 bridgehead atoms. The molecule has 0 aliphatic carbocycles. The summed E-state index contributed by atoms with van der Waals surface area (Å²) in [5.74, 6) is -0.000324. The van der Waals surface area contributed by atoms with Gasteiger partial charge in [-0.2, -0.15) is 11.8 Å². The Labute approximate surface area is 86.6 Å². The summed E-state index contributed by atoms with van der Waals surface area (Å²) in [7, 11) is 0. The third-order valence-corrected chi connectivity index (χ3v) is 3.11. The number of aliphatic carboxylic acids is 1. The van der Waals surface area contributed by atoms with Crippen molar-refractivity contribution in [1.29, 1.82) is 0 Å².